The molecule has 2 aromatic rings. The smallest absolute Gasteiger partial charge is 0.314 e. The normalized spacial score (nSPS) is 21.0. The fraction of sp³-hybridized carbons (Fsp3) is 0.412. The largest absolute Gasteiger partial charge is 0.351 e. The highest BCUT2D eigenvalue weighted by Gasteiger charge is 2.33. The lowest BCUT2D eigenvalue weighted by Crippen LogP contribution is -2.45. The molecule has 0 bridgehead atoms. The zero-order valence-corrected chi connectivity index (χ0v) is 14.9. The van der Waals surface area contributed by atoms with E-state index in [4.69, 9.17) is 17.3 Å². The standard InChI is InChI=1S/C17H19ClFN3OS/c1-10-6-16(24-21-10)14-9-22(17(20)23)5-4-11(14)7-12-2-3-13(18)8-15(12)19/h2-3,6,8,11,14H,4-5,7,9H2,1H3,(H2,20,23). The van der Waals surface area contributed by atoms with Crippen LogP contribution in [-0.4, -0.2) is 28.4 Å². The number of amides is 2. The summed E-state index contributed by atoms with van der Waals surface area (Å²) in [6.45, 7) is 3.10. The molecule has 128 valence electrons. The van der Waals surface area contributed by atoms with E-state index in [0.717, 1.165) is 17.0 Å². The lowest BCUT2D eigenvalue weighted by Gasteiger charge is -2.37. The summed E-state index contributed by atoms with van der Waals surface area (Å²) in [4.78, 5) is 14.3. The predicted octanol–water partition coefficient (Wildman–Crippen LogP) is 3.97. The van der Waals surface area contributed by atoms with E-state index >= 15 is 0 Å². The number of hydrogen-bond donors (Lipinski definition) is 1. The number of benzene rings is 1. The fourth-order valence-electron chi connectivity index (χ4n) is 3.30. The molecule has 0 radical (unpaired) electrons. The number of piperidine rings is 1. The maximum absolute atomic E-state index is 14.2. The molecule has 1 aromatic carbocycles. The van der Waals surface area contributed by atoms with Crippen LogP contribution in [0.5, 0.6) is 0 Å². The third kappa shape index (κ3) is 3.70. The van der Waals surface area contributed by atoms with Gasteiger partial charge in [-0.25, -0.2) is 9.18 Å². The molecule has 2 N–H and O–H groups in total. The number of carbonyl (C=O) groups excluding carboxylic acids is 1. The van der Waals surface area contributed by atoms with E-state index in [1.807, 2.05) is 13.0 Å². The number of aromatic nitrogens is 1. The van der Waals surface area contributed by atoms with Crippen LogP contribution in [0.25, 0.3) is 0 Å². The minimum absolute atomic E-state index is 0.118. The van der Waals surface area contributed by atoms with E-state index in [1.165, 1.54) is 17.6 Å². The molecule has 0 spiro atoms. The Labute approximate surface area is 149 Å². The Morgan fingerprint density at radius 2 is 2.29 bits per heavy atom. The quantitative estimate of drug-likeness (QED) is 0.892. The summed E-state index contributed by atoms with van der Waals surface area (Å²) in [7, 11) is 0. The van der Waals surface area contributed by atoms with Crippen LogP contribution >= 0.6 is 23.1 Å². The molecule has 1 fully saturated rings. The molecule has 2 heterocycles. The van der Waals surface area contributed by atoms with Crippen molar-refractivity contribution >= 4 is 29.2 Å². The van der Waals surface area contributed by atoms with Crippen molar-refractivity contribution in [1.82, 2.24) is 9.27 Å². The maximum Gasteiger partial charge on any atom is 0.314 e. The summed E-state index contributed by atoms with van der Waals surface area (Å²) in [6, 6.07) is 6.45. The number of carbonyl (C=O) groups is 1. The van der Waals surface area contributed by atoms with Gasteiger partial charge in [-0.1, -0.05) is 17.7 Å². The van der Waals surface area contributed by atoms with Crippen molar-refractivity contribution in [3.63, 3.8) is 0 Å². The molecule has 0 saturated carbocycles. The van der Waals surface area contributed by atoms with E-state index < -0.39 is 6.03 Å². The van der Waals surface area contributed by atoms with Crippen molar-refractivity contribution in [2.75, 3.05) is 13.1 Å². The highest BCUT2D eigenvalue weighted by molar-refractivity contribution is 7.05. The molecule has 3 rings (SSSR count). The lowest BCUT2D eigenvalue weighted by molar-refractivity contribution is 0.165. The third-order valence-corrected chi connectivity index (χ3v) is 5.82. The topological polar surface area (TPSA) is 59.2 Å². The number of nitrogens with two attached hydrogens (primary N) is 1. The molecule has 1 saturated heterocycles. The van der Waals surface area contributed by atoms with Crippen LogP contribution < -0.4 is 5.73 Å². The lowest BCUT2D eigenvalue weighted by atomic mass is 9.80. The van der Waals surface area contributed by atoms with Crippen LogP contribution in [0.4, 0.5) is 9.18 Å². The average Bonchev–Trinajstić information content (AvgIpc) is 2.96. The van der Waals surface area contributed by atoms with Crippen LogP contribution in [0.1, 0.15) is 28.5 Å². The Hall–Kier alpha value is -1.66. The van der Waals surface area contributed by atoms with Gasteiger partial charge < -0.3 is 10.6 Å². The Kier molecular flexibility index (Phi) is 5.06. The Bertz CT molecular complexity index is 751. The number of aryl methyl sites for hydroxylation is 1. The van der Waals surface area contributed by atoms with Crippen molar-refractivity contribution in [2.24, 2.45) is 11.7 Å². The summed E-state index contributed by atoms with van der Waals surface area (Å²) >= 11 is 7.28. The molecule has 24 heavy (non-hydrogen) atoms. The second-order valence-electron chi connectivity index (χ2n) is 6.25. The highest BCUT2D eigenvalue weighted by Crippen LogP contribution is 2.37. The van der Waals surface area contributed by atoms with Crippen LogP contribution in [-0.2, 0) is 6.42 Å². The van der Waals surface area contributed by atoms with E-state index in [-0.39, 0.29) is 17.7 Å². The van der Waals surface area contributed by atoms with E-state index in [9.17, 15) is 9.18 Å². The van der Waals surface area contributed by atoms with Gasteiger partial charge in [0.15, 0.2) is 0 Å². The molecular formula is C17H19ClFN3OS. The number of nitrogens with zero attached hydrogens (tertiary/aromatic N) is 2. The second kappa shape index (κ2) is 7.07. The van der Waals surface area contributed by atoms with E-state index in [0.29, 0.717) is 30.1 Å². The summed E-state index contributed by atoms with van der Waals surface area (Å²) in [5.74, 6) is 0.0720. The molecule has 7 heteroatoms. The average molecular weight is 368 g/mol. The van der Waals surface area contributed by atoms with Crippen molar-refractivity contribution in [2.45, 2.75) is 25.7 Å². The first-order chi connectivity index (χ1) is 11.4. The van der Waals surface area contributed by atoms with Gasteiger partial charge in [0.05, 0.1) is 5.69 Å². The van der Waals surface area contributed by atoms with Crippen LogP contribution in [0.15, 0.2) is 24.3 Å². The van der Waals surface area contributed by atoms with Gasteiger partial charge in [-0.2, -0.15) is 4.37 Å². The Balaban J connectivity index is 1.85. The second-order valence-corrected chi connectivity index (χ2v) is 7.52. The summed E-state index contributed by atoms with van der Waals surface area (Å²) in [5, 5.41) is 0.398. The van der Waals surface area contributed by atoms with Gasteiger partial charge in [0.1, 0.15) is 5.82 Å². The van der Waals surface area contributed by atoms with Crippen LogP contribution in [0.2, 0.25) is 5.02 Å². The summed E-state index contributed by atoms with van der Waals surface area (Å²) in [6.07, 6.45) is 1.39. The molecule has 2 amide bonds. The van der Waals surface area contributed by atoms with Crippen LogP contribution in [0.3, 0.4) is 0 Å². The number of rotatable bonds is 3. The zero-order chi connectivity index (χ0) is 17.3. The molecular weight excluding hydrogens is 349 g/mol. The van der Waals surface area contributed by atoms with Crippen molar-refractivity contribution in [3.8, 4) is 0 Å². The monoisotopic (exact) mass is 367 g/mol. The van der Waals surface area contributed by atoms with Crippen molar-refractivity contribution in [3.05, 3.63) is 51.2 Å². The minimum Gasteiger partial charge on any atom is -0.351 e. The molecule has 1 aliphatic rings. The van der Waals surface area contributed by atoms with Crippen LogP contribution in [0, 0.1) is 18.7 Å². The van der Waals surface area contributed by atoms with Gasteiger partial charge in [0, 0.05) is 28.9 Å². The molecule has 2 atom stereocenters. The van der Waals surface area contributed by atoms with Gasteiger partial charge in [0.25, 0.3) is 0 Å². The fourth-order valence-corrected chi connectivity index (χ4v) is 4.38. The molecule has 2 unspecified atom stereocenters. The van der Waals surface area contributed by atoms with E-state index in [1.54, 1.807) is 17.0 Å². The van der Waals surface area contributed by atoms with Crippen molar-refractivity contribution in [1.29, 1.82) is 0 Å². The molecule has 1 aromatic heterocycles. The minimum atomic E-state index is -0.405. The third-order valence-electron chi connectivity index (χ3n) is 4.58. The first-order valence-electron chi connectivity index (χ1n) is 7.85. The van der Waals surface area contributed by atoms with E-state index in [2.05, 4.69) is 4.37 Å². The van der Waals surface area contributed by atoms with Gasteiger partial charge in [0.2, 0.25) is 0 Å². The Morgan fingerprint density at radius 1 is 1.50 bits per heavy atom. The van der Waals surface area contributed by atoms with Gasteiger partial charge in [-0.05, 0) is 61.0 Å². The number of halogens is 2. The number of hydrogen-bond acceptors (Lipinski definition) is 3. The summed E-state index contributed by atoms with van der Waals surface area (Å²) < 4.78 is 18.5. The number of urea groups is 1. The zero-order valence-electron chi connectivity index (χ0n) is 13.3. The maximum atomic E-state index is 14.2. The SMILES string of the molecule is Cc1cc(C2CN(C(N)=O)CCC2Cc2ccc(Cl)cc2F)sn1. The predicted molar refractivity (Wildman–Crippen MR) is 94.0 cm³/mol. The molecule has 1 aliphatic heterocycles. The first kappa shape index (κ1) is 17.2. The summed E-state index contributed by atoms with van der Waals surface area (Å²) in [5.41, 5.74) is 7.07. The van der Waals surface area contributed by atoms with Gasteiger partial charge in [-0.15, -0.1) is 0 Å². The molecule has 0 aliphatic carbocycles. The Morgan fingerprint density at radius 3 is 2.92 bits per heavy atom. The first-order valence-corrected chi connectivity index (χ1v) is 9.00. The van der Waals surface area contributed by atoms with Gasteiger partial charge >= 0.3 is 6.03 Å². The number of likely N-dealkylation sites (tertiary alicyclic amines) is 1. The molecule has 4 nitrogen and oxygen atoms in total. The van der Waals surface area contributed by atoms with Gasteiger partial charge in [-0.3, -0.25) is 0 Å². The van der Waals surface area contributed by atoms with Crippen molar-refractivity contribution < 1.29 is 9.18 Å². The highest BCUT2D eigenvalue weighted by atomic mass is 35.5. The number of primary amides is 1.